The molecule has 2 aliphatic heterocycles. The lowest BCUT2D eigenvalue weighted by Gasteiger charge is -2.35. The van der Waals surface area contributed by atoms with Gasteiger partial charge in [0.15, 0.2) is 11.5 Å². The van der Waals surface area contributed by atoms with Gasteiger partial charge in [-0.05, 0) is 30.9 Å². The molecule has 1 aromatic carbocycles. The van der Waals surface area contributed by atoms with Crippen molar-refractivity contribution in [2.24, 2.45) is 5.92 Å². The Kier molecular flexibility index (Phi) is 4.82. The van der Waals surface area contributed by atoms with Crippen LogP contribution in [0.1, 0.15) is 25.6 Å². The molecule has 1 amide bonds. The van der Waals surface area contributed by atoms with Crippen molar-refractivity contribution in [1.29, 1.82) is 0 Å². The molecule has 0 N–H and O–H groups in total. The summed E-state index contributed by atoms with van der Waals surface area (Å²) in [7, 11) is 0. The standard InChI is InChI=1S/C20H25N3O3/c1-2-19-21-9-12-23(19)13-15-7-10-22(11-8-15)20(24)18-14-25-16-5-3-4-6-17(16)26-18/h3-6,9,12,15,18H,2,7-8,10-11,13-14H2,1H3. The average molecular weight is 355 g/mol. The van der Waals surface area contributed by atoms with E-state index < -0.39 is 6.10 Å². The molecule has 6 heteroatoms. The predicted octanol–water partition coefficient (Wildman–Crippen LogP) is 2.52. The van der Waals surface area contributed by atoms with Crippen LogP contribution >= 0.6 is 0 Å². The number of hydrogen-bond donors (Lipinski definition) is 0. The number of hydrogen-bond acceptors (Lipinski definition) is 4. The number of rotatable bonds is 4. The second kappa shape index (κ2) is 7.40. The number of nitrogens with zero attached hydrogens (tertiary/aromatic N) is 3. The quantitative estimate of drug-likeness (QED) is 0.846. The third kappa shape index (κ3) is 3.41. The van der Waals surface area contributed by atoms with Crippen LogP contribution < -0.4 is 9.47 Å². The normalized spacial score (nSPS) is 20.2. The number of carbonyl (C=O) groups excluding carboxylic acids is 1. The van der Waals surface area contributed by atoms with Gasteiger partial charge in [0, 0.05) is 38.4 Å². The Morgan fingerprint density at radius 3 is 2.77 bits per heavy atom. The van der Waals surface area contributed by atoms with E-state index in [1.165, 1.54) is 0 Å². The molecule has 2 aromatic rings. The summed E-state index contributed by atoms with van der Waals surface area (Å²) in [5.74, 6) is 3.12. The molecular formula is C20H25N3O3. The van der Waals surface area contributed by atoms with E-state index in [1.54, 1.807) is 0 Å². The lowest BCUT2D eigenvalue weighted by molar-refractivity contribution is -0.142. The molecular weight excluding hydrogens is 330 g/mol. The number of fused-ring (bicyclic) bond motifs is 1. The van der Waals surface area contributed by atoms with Gasteiger partial charge in [-0.25, -0.2) is 4.98 Å². The van der Waals surface area contributed by atoms with Crippen molar-refractivity contribution < 1.29 is 14.3 Å². The number of piperidine rings is 1. The van der Waals surface area contributed by atoms with E-state index in [1.807, 2.05) is 35.4 Å². The summed E-state index contributed by atoms with van der Waals surface area (Å²) in [5.41, 5.74) is 0. The molecule has 26 heavy (non-hydrogen) atoms. The first kappa shape index (κ1) is 16.9. The molecule has 1 fully saturated rings. The van der Waals surface area contributed by atoms with Crippen LogP contribution in [0.2, 0.25) is 0 Å². The van der Waals surface area contributed by atoms with Crippen molar-refractivity contribution in [3.05, 3.63) is 42.5 Å². The largest absolute Gasteiger partial charge is 0.485 e. The maximum absolute atomic E-state index is 12.8. The monoisotopic (exact) mass is 355 g/mol. The molecule has 0 bridgehead atoms. The van der Waals surface area contributed by atoms with E-state index in [4.69, 9.17) is 9.47 Å². The molecule has 0 spiro atoms. The summed E-state index contributed by atoms with van der Waals surface area (Å²) in [4.78, 5) is 19.1. The summed E-state index contributed by atoms with van der Waals surface area (Å²) < 4.78 is 13.8. The molecule has 1 saturated heterocycles. The summed E-state index contributed by atoms with van der Waals surface area (Å²) in [6.07, 6.45) is 6.36. The van der Waals surface area contributed by atoms with Gasteiger partial charge >= 0.3 is 0 Å². The number of ether oxygens (including phenoxy) is 2. The zero-order chi connectivity index (χ0) is 17.9. The highest BCUT2D eigenvalue weighted by molar-refractivity contribution is 5.82. The van der Waals surface area contributed by atoms with Crippen LogP contribution in [0.5, 0.6) is 11.5 Å². The number of aromatic nitrogens is 2. The number of para-hydroxylation sites is 2. The van der Waals surface area contributed by atoms with Crippen LogP contribution in [0.4, 0.5) is 0 Å². The van der Waals surface area contributed by atoms with Gasteiger partial charge in [-0.1, -0.05) is 19.1 Å². The van der Waals surface area contributed by atoms with Gasteiger partial charge in [0.25, 0.3) is 5.91 Å². The molecule has 1 aromatic heterocycles. The topological polar surface area (TPSA) is 56.6 Å². The van der Waals surface area contributed by atoms with Gasteiger partial charge in [0.2, 0.25) is 6.10 Å². The minimum Gasteiger partial charge on any atom is -0.485 e. The Morgan fingerprint density at radius 1 is 1.23 bits per heavy atom. The Labute approximate surface area is 153 Å². The predicted molar refractivity (Wildman–Crippen MR) is 97.3 cm³/mol. The van der Waals surface area contributed by atoms with E-state index in [2.05, 4.69) is 22.7 Å². The fourth-order valence-corrected chi connectivity index (χ4v) is 3.78. The number of likely N-dealkylation sites (tertiary alicyclic amines) is 1. The second-order valence-electron chi connectivity index (χ2n) is 6.98. The Morgan fingerprint density at radius 2 is 2.00 bits per heavy atom. The highest BCUT2D eigenvalue weighted by Gasteiger charge is 2.33. The Hall–Kier alpha value is -2.50. The molecule has 1 atom stereocenters. The average Bonchev–Trinajstić information content (AvgIpc) is 3.15. The first-order chi connectivity index (χ1) is 12.7. The van der Waals surface area contributed by atoms with E-state index in [-0.39, 0.29) is 12.5 Å². The van der Waals surface area contributed by atoms with Crippen molar-refractivity contribution in [1.82, 2.24) is 14.5 Å². The van der Waals surface area contributed by atoms with Crippen molar-refractivity contribution in [2.45, 2.75) is 38.8 Å². The highest BCUT2D eigenvalue weighted by Crippen LogP contribution is 2.31. The molecule has 138 valence electrons. The second-order valence-corrected chi connectivity index (χ2v) is 6.98. The molecule has 3 heterocycles. The van der Waals surface area contributed by atoms with Crippen molar-refractivity contribution >= 4 is 5.91 Å². The molecule has 6 nitrogen and oxygen atoms in total. The van der Waals surface area contributed by atoms with Crippen LogP contribution in [0.25, 0.3) is 0 Å². The minimum atomic E-state index is -0.540. The smallest absolute Gasteiger partial charge is 0.267 e. The van der Waals surface area contributed by atoms with Gasteiger partial charge in [-0.2, -0.15) is 0 Å². The third-order valence-corrected chi connectivity index (χ3v) is 5.28. The van der Waals surface area contributed by atoms with Gasteiger partial charge < -0.3 is 18.9 Å². The fourth-order valence-electron chi connectivity index (χ4n) is 3.78. The maximum atomic E-state index is 12.8. The van der Waals surface area contributed by atoms with Gasteiger partial charge in [-0.3, -0.25) is 4.79 Å². The van der Waals surface area contributed by atoms with Gasteiger partial charge in [-0.15, -0.1) is 0 Å². The van der Waals surface area contributed by atoms with Gasteiger partial charge in [0.1, 0.15) is 12.4 Å². The first-order valence-corrected chi connectivity index (χ1v) is 9.42. The minimum absolute atomic E-state index is 0.0369. The number of aryl methyl sites for hydroxylation is 1. The van der Waals surface area contributed by atoms with E-state index in [0.29, 0.717) is 17.4 Å². The molecule has 0 radical (unpaired) electrons. The molecule has 0 aliphatic carbocycles. The van der Waals surface area contributed by atoms with Crippen LogP contribution in [0, 0.1) is 5.92 Å². The summed E-state index contributed by atoms with van der Waals surface area (Å²) in [6, 6.07) is 7.50. The SMILES string of the molecule is CCc1nccn1CC1CCN(C(=O)C2COc3ccccc3O2)CC1. The molecule has 1 unspecified atom stereocenters. The van der Waals surface area contributed by atoms with Crippen molar-refractivity contribution in [3.8, 4) is 11.5 Å². The van der Waals surface area contributed by atoms with E-state index in [9.17, 15) is 4.79 Å². The van der Waals surface area contributed by atoms with Crippen LogP contribution in [0.15, 0.2) is 36.7 Å². The fraction of sp³-hybridized carbons (Fsp3) is 0.500. The van der Waals surface area contributed by atoms with Crippen molar-refractivity contribution in [3.63, 3.8) is 0 Å². The van der Waals surface area contributed by atoms with Crippen LogP contribution in [0.3, 0.4) is 0 Å². The summed E-state index contributed by atoms with van der Waals surface area (Å²) in [5, 5.41) is 0. The Bertz CT molecular complexity index is 765. The number of imidazole rings is 1. The first-order valence-electron chi connectivity index (χ1n) is 9.42. The number of benzene rings is 1. The van der Waals surface area contributed by atoms with E-state index in [0.717, 1.165) is 44.7 Å². The lowest BCUT2D eigenvalue weighted by Crippen LogP contribution is -2.49. The zero-order valence-electron chi connectivity index (χ0n) is 15.1. The molecule has 4 rings (SSSR count). The third-order valence-electron chi connectivity index (χ3n) is 5.28. The summed E-state index contributed by atoms with van der Waals surface area (Å²) in [6.45, 7) is 4.96. The van der Waals surface area contributed by atoms with Gasteiger partial charge in [0.05, 0.1) is 0 Å². The van der Waals surface area contributed by atoms with Crippen molar-refractivity contribution in [2.75, 3.05) is 19.7 Å². The number of carbonyl (C=O) groups is 1. The zero-order valence-corrected chi connectivity index (χ0v) is 15.1. The van der Waals surface area contributed by atoms with Crippen LogP contribution in [-0.2, 0) is 17.8 Å². The maximum Gasteiger partial charge on any atom is 0.267 e. The lowest BCUT2D eigenvalue weighted by atomic mass is 9.96. The molecule has 2 aliphatic rings. The number of amides is 1. The summed E-state index contributed by atoms with van der Waals surface area (Å²) >= 11 is 0. The molecule has 0 saturated carbocycles. The van der Waals surface area contributed by atoms with Crippen LogP contribution in [-0.4, -0.2) is 46.2 Å². The highest BCUT2D eigenvalue weighted by atomic mass is 16.6. The van der Waals surface area contributed by atoms with E-state index >= 15 is 0 Å². The Balaban J connectivity index is 1.31.